The van der Waals surface area contributed by atoms with Gasteiger partial charge in [0.2, 0.25) is 10.0 Å². The average Bonchev–Trinajstić information content (AvgIpc) is 2.53. The van der Waals surface area contributed by atoms with Crippen LogP contribution in [0.15, 0.2) is 29.2 Å². The molecule has 1 fully saturated rings. The Bertz CT molecular complexity index is 549. The lowest BCUT2D eigenvalue weighted by molar-refractivity contribution is -1.00. The number of hydrogen-bond donors (Lipinski definition) is 3. The van der Waals surface area contributed by atoms with E-state index in [1.165, 1.54) is 26.2 Å². The summed E-state index contributed by atoms with van der Waals surface area (Å²) in [5, 5.41) is 0. The molecule has 0 atom stereocenters. The zero-order valence-corrected chi connectivity index (χ0v) is 14.5. The number of nitrogens with one attached hydrogen (secondary N) is 3. The van der Waals surface area contributed by atoms with E-state index in [1.807, 2.05) is 12.1 Å². The summed E-state index contributed by atoms with van der Waals surface area (Å²) >= 11 is 0. The molecule has 0 radical (unpaired) electrons. The highest BCUT2D eigenvalue weighted by Gasteiger charge is 2.19. The van der Waals surface area contributed by atoms with Gasteiger partial charge in [-0.3, -0.25) is 0 Å². The van der Waals surface area contributed by atoms with Gasteiger partial charge in [0.25, 0.3) is 0 Å². The van der Waals surface area contributed by atoms with Gasteiger partial charge >= 0.3 is 0 Å². The van der Waals surface area contributed by atoms with Crippen molar-refractivity contribution in [2.45, 2.75) is 24.7 Å². The van der Waals surface area contributed by atoms with Crippen molar-refractivity contribution in [3.63, 3.8) is 0 Å². The highest BCUT2D eigenvalue weighted by Crippen LogP contribution is 2.10. The molecule has 0 aromatic heterocycles. The van der Waals surface area contributed by atoms with Crippen LogP contribution < -0.4 is 14.5 Å². The molecule has 3 N–H and O–H groups in total. The molecular formula is C16H29N3O2S+2. The van der Waals surface area contributed by atoms with E-state index < -0.39 is 10.0 Å². The molecule has 0 spiro atoms. The minimum absolute atomic E-state index is 0.361. The average molecular weight is 327 g/mol. The van der Waals surface area contributed by atoms with Gasteiger partial charge in [0.1, 0.15) is 26.2 Å². The van der Waals surface area contributed by atoms with Crippen LogP contribution >= 0.6 is 0 Å². The van der Waals surface area contributed by atoms with Gasteiger partial charge in [0.15, 0.2) is 0 Å². The molecule has 1 heterocycles. The normalized spacial score (nSPS) is 22.6. The van der Waals surface area contributed by atoms with Crippen LogP contribution in [0.3, 0.4) is 0 Å². The van der Waals surface area contributed by atoms with Gasteiger partial charge in [-0.1, -0.05) is 19.1 Å². The van der Waals surface area contributed by atoms with E-state index in [-0.39, 0.29) is 0 Å². The van der Waals surface area contributed by atoms with Gasteiger partial charge in [0.05, 0.1) is 18.5 Å². The summed E-state index contributed by atoms with van der Waals surface area (Å²) in [6.45, 7) is 8.43. The van der Waals surface area contributed by atoms with Crippen molar-refractivity contribution in [3.05, 3.63) is 29.8 Å². The zero-order valence-electron chi connectivity index (χ0n) is 13.7. The van der Waals surface area contributed by atoms with Gasteiger partial charge in [-0.05, 0) is 24.1 Å². The van der Waals surface area contributed by atoms with Crippen LogP contribution in [0.4, 0.5) is 0 Å². The number of quaternary nitrogens is 2. The molecule has 0 amide bonds. The fraction of sp³-hybridized carbons (Fsp3) is 0.625. The summed E-state index contributed by atoms with van der Waals surface area (Å²) in [5.74, 6) is 0. The molecule has 0 saturated carbocycles. The third-order valence-electron chi connectivity index (χ3n) is 4.45. The van der Waals surface area contributed by atoms with Gasteiger partial charge < -0.3 is 9.80 Å². The first-order valence-electron chi connectivity index (χ1n) is 8.24. The van der Waals surface area contributed by atoms with Crippen molar-refractivity contribution in [3.8, 4) is 0 Å². The minimum atomic E-state index is -3.36. The molecule has 2 rings (SSSR count). The van der Waals surface area contributed by atoms with Crippen molar-refractivity contribution in [2.24, 2.45) is 0 Å². The molecule has 0 aliphatic carbocycles. The Balaban J connectivity index is 1.75. The molecule has 1 aromatic carbocycles. The molecule has 0 bridgehead atoms. The van der Waals surface area contributed by atoms with E-state index in [0.29, 0.717) is 11.4 Å². The molecule has 6 heteroatoms. The topological polar surface area (TPSA) is 55.0 Å². The van der Waals surface area contributed by atoms with Crippen LogP contribution in [0, 0.1) is 0 Å². The minimum Gasteiger partial charge on any atom is -0.328 e. The smallest absolute Gasteiger partial charge is 0.240 e. The Hall–Kier alpha value is -0.950. The fourth-order valence-corrected chi connectivity index (χ4v) is 3.89. The maximum atomic E-state index is 12.2. The monoisotopic (exact) mass is 327 g/mol. The van der Waals surface area contributed by atoms with Crippen LogP contribution in [0.25, 0.3) is 0 Å². The van der Waals surface area contributed by atoms with Crippen molar-refractivity contribution in [1.82, 2.24) is 4.72 Å². The molecule has 5 nitrogen and oxygen atoms in total. The Morgan fingerprint density at radius 3 is 2.32 bits per heavy atom. The first-order chi connectivity index (χ1) is 10.5. The second-order valence-electron chi connectivity index (χ2n) is 6.21. The standard InChI is InChI=1S/C16H27N3O2S/c1-3-15-5-7-16(8-6-15)22(20,21)17-9-4-10-19-13-11-18(2)12-14-19/h5-8,17H,3-4,9-14H2,1-2H3/p+2. The number of piperazine rings is 1. The van der Waals surface area contributed by atoms with Gasteiger partial charge in [-0.15, -0.1) is 0 Å². The summed E-state index contributed by atoms with van der Waals surface area (Å²) < 4.78 is 27.1. The van der Waals surface area contributed by atoms with E-state index in [2.05, 4.69) is 18.7 Å². The number of sulfonamides is 1. The summed E-state index contributed by atoms with van der Waals surface area (Å²) in [4.78, 5) is 3.55. The molecular weight excluding hydrogens is 298 g/mol. The van der Waals surface area contributed by atoms with Crippen LogP contribution in [0.5, 0.6) is 0 Å². The number of benzene rings is 1. The first-order valence-corrected chi connectivity index (χ1v) is 9.73. The zero-order chi connectivity index (χ0) is 16.0. The SMILES string of the molecule is CCc1ccc(S(=O)(=O)NCCC[NH+]2CC[NH+](C)CC2)cc1. The van der Waals surface area contributed by atoms with Crippen LogP contribution in [0.1, 0.15) is 18.9 Å². The Morgan fingerprint density at radius 2 is 1.73 bits per heavy atom. The second kappa shape index (κ2) is 8.06. The predicted octanol–water partition coefficient (Wildman–Crippen LogP) is -1.67. The number of hydrogen-bond acceptors (Lipinski definition) is 2. The van der Waals surface area contributed by atoms with E-state index >= 15 is 0 Å². The van der Waals surface area contributed by atoms with Crippen molar-refractivity contribution < 1.29 is 18.2 Å². The van der Waals surface area contributed by atoms with Crippen molar-refractivity contribution in [1.29, 1.82) is 0 Å². The molecule has 1 aromatic rings. The maximum Gasteiger partial charge on any atom is 0.240 e. The Kier molecular flexibility index (Phi) is 6.37. The molecule has 1 aliphatic heterocycles. The number of likely N-dealkylation sites (N-methyl/N-ethyl adjacent to an activating group) is 1. The Labute approximate surface area is 134 Å². The molecule has 1 saturated heterocycles. The summed E-state index contributed by atoms with van der Waals surface area (Å²) in [7, 11) is -1.13. The lowest BCUT2D eigenvalue weighted by Gasteiger charge is -2.27. The summed E-state index contributed by atoms with van der Waals surface area (Å²) in [6, 6.07) is 7.14. The largest absolute Gasteiger partial charge is 0.328 e. The molecule has 22 heavy (non-hydrogen) atoms. The molecule has 1 aliphatic rings. The van der Waals surface area contributed by atoms with Gasteiger partial charge in [-0.2, -0.15) is 0 Å². The van der Waals surface area contributed by atoms with Crippen LogP contribution in [0.2, 0.25) is 0 Å². The lowest BCUT2D eigenvalue weighted by atomic mass is 10.2. The van der Waals surface area contributed by atoms with E-state index in [0.717, 1.165) is 24.9 Å². The van der Waals surface area contributed by atoms with Gasteiger partial charge in [-0.25, -0.2) is 13.1 Å². The lowest BCUT2D eigenvalue weighted by Crippen LogP contribution is -3.27. The highest BCUT2D eigenvalue weighted by atomic mass is 32.2. The van der Waals surface area contributed by atoms with Crippen molar-refractivity contribution in [2.75, 3.05) is 46.3 Å². The second-order valence-corrected chi connectivity index (χ2v) is 7.97. The van der Waals surface area contributed by atoms with E-state index in [4.69, 9.17) is 0 Å². The highest BCUT2D eigenvalue weighted by molar-refractivity contribution is 7.89. The van der Waals surface area contributed by atoms with Crippen molar-refractivity contribution >= 4 is 10.0 Å². The quantitative estimate of drug-likeness (QED) is 0.525. The fourth-order valence-electron chi connectivity index (χ4n) is 2.81. The van der Waals surface area contributed by atoms with E-state index in [9.17, 15) is 8.42 Å². The predicted molar refractivity (Wildman–Crippen MR) is 87.8 cm³/mol. The third-order valence-corrected chi connectivity index (χ3v) is 5.93. The van der Waals surface area contributed by atoms with Gasteiger partial charge in [0, 0.05) is 13.0 Å². The third kappa shape index (κ3) is 5.05. The number of rotatable bonds is 7. The summed E-state index contributed by atoms with van der Waals surface area (Å²) in [5.41, 5.74) is 1.15. The van der Waals surface area contributed by atoms with Crippen LogP contribution in [-0.4, -0.2) is 54.7 Å². The number of aryl methyl sites for hydroxylation is 1. The maximum absolute atomic E-state index is 12.2. The first kappa shape index (κ1) is 17.4. The molecule has 0 unspecified atom stereocenters. The molecule has 124 valence electrons. The van der Waals surface area contributed by atoms with Crippen LogP contribution in [-0.2, 0) is 16.4 Å². The summed E-state index contributed by atoms with van der Waals surface area (Å²) in [6.07, 6.45) is 1.81. The Morgan fingerprint density at radius 1 is 1.09 bits per heavy atom. The van der Waals surface area contributed by atoms with E-state index in [1.54, 1.807) is 21.9 Å².